The largest absolute Gasteiger partial charge is 0.492 e. The highest BCUT2D eigenvalue weighted by molar-refractivity contribution is 8.68. The van der Waals surface area contributed by atoms with E-state index in [4.69, 9.17) is 4.74 Å². The Bertz CT molecular complexity index is 272. The van der Waals surface area contributed by atoms with Gasteiger partial charge in [0.25, 0.3) is 0 Å². The van der Waals surface area contributed by atoms with E-state index in [0.717, 1.165) is 30.1 Å². The van der Waals surface area contributed by atoms with Crippen LogP contribution in [0.5, 0.6) is 5.75 Å². The first kappa shape index (κ1) is 8.32. The lowest BCUT2D eigenvalue weighted by atomic mass is 10.1. The Morgan fingerprint density at radius 3 is 3.17 bits per heavy atom. The quantitative estimate of drug-likeness (QED) is 0.549. The fourth-order valence-electron chi connectivity index (χ4n) is 1.43. The van der Waals surface area contributed by atoms with Gasteiger partial charge in [0.15, 0.2) is 0 Å². The molecular weight excluding hydrogens is 188 g/mol. The minimum Gasteiger partial charge on any atom is -0.492 e. The molecule has 0 aromatic heterocycles. The summed E-state index contributed by atoms with van der Waals surface area (Å²) in [6.45, 7) is 0.846. The number of fused-ring (bicyclic) bond motifs is 1. The van der Waals surface area contributed by atoms with Gasteiger partial charge in [0.05, 0.1) is 11.5 Å². The van der Waals surface area contributed by atoms with Crippen molar-refractivity contribution in [2.24, 2.45) is 0 Å². The summed E-state index contributed by atoms with van der Waals surface area (Å²) >= 11 is 4.18. The number of thiol groups is 1. The first-order valence-corrected chi connectivity index (χ1v) is 5.85. The Balaban J connectivity index is 2.44. The fraction of sp³-hybridized carbons (Fsp3) is 0.333. The van der Waals surface area contributed by atoms with Crippen LogP contribution in [-0.4, -0.2) is 6.61 Å². The van der Waals surface area contributed by atoms with Crippen molar-refractivity contribution in [3.8, 4) is 5.75 Å². The number of benzene rings is 1. The monoisotopic (exact) mass is 198 g/mol. The lowest BCUT2D eigenvalue weighted by Crippen LogP contribution is -2.08. The predicted molar refractivity (Wildman–Crippen MR) is 55.1 cm³/mol. The summed E-state index contributed by atoms with van der Waals surface area (Å²) in [6.07, 6.45) is 2.27. The summed E-state index contributed by atoms with van der Waals surface area (Å²) in [4.78, 5) is 1.13. The van der Waals surface area contributed by atoms with E-state index in [9.17, 15) is 0 Å². The normalized spacial score (nSPS) is 15.1. The maximum Gasteiger partial charge on any atom is 0.136 e. The van der Waals surface area contributed by atoms with Crippen LogP contribution in [0.2, 0.25) is 0 Å². The molecule has 0 saturated carbocycles. The molecule has 0 aliphatic carbocycles. The van der Waals surface area contributed by atoms with Gasteiger partial charge in [0.2, 0.25) is 0 Å². The topological polar surface area (TPSA) is 9.23 Å². The molecule has 0 radical (unpaired) electrons. The Hall–Kier alpha value is -0.280. The van der Waals surface area contributed by atoms with Crippen LogP contribution in [0.4, 0.5) is 0 Å². The van der Waals surface area contributed by atoms with Crippen LogP contribution in [0.1, 0.15) is 12.0 Å². The highest BCUT2D eigenvalue weighted by atomic mass is 33.1. The zero-order valence-corrected chi connectivity index (χ0v) is 8.33. The van der Waals surface area contributed by atoms with Crippen LogP contribution in [-0.2, 0) is 6.42 Å². The summed E-state index contributed by atoms with van der Waals surface area (Å²) in [5.74, 6) is 1.05. The van der Waals surface area contributed by atoms with Crippen molar-refractivity contribution in [3.05, 3.63) is 23.8 Å². The van der Waals surface area contributed by atoms with Gasteiger partial charge in [0, 0.05) is 0 Å². The molecule has 0 N–H and O–H groups in total. The van der Waals surface area contributed by atoms with Gasteiger partial charge >= 0.3 is 0 Å². The van der Waals surface area contributed by atoms with E-state index in [1.54, 1.807) is 0 Å². The van der Waals surface area contributed by atoms with Crippen molar-refractivity contribution in [2.45, 2.75) is 17.7 Å². The number of hydrogen-bond acceptors (Lipinski definition) is 3. The first-order valence-electron chi connectivity index (χ1n) is 3.98. The van der Waals surface area contributed by atoms with Crippen molar-refractivity contribution in [2.75, 3.05) is 6.61 Å². The van der Waals surface area contributed by atoms with Gasteiger partial charge in [-0.1, -0.05) is 22.9 Å². The number of rotatable bonds is 1. The molecule has 1 nitrogen and oxygen atoms in total. The molecule has 1 heterocycles. The zero-order chi connectivity index (χ0) is 8.39. The first-order chi connectivity index (χ1) is 5.92. The Labute approximate surface area is 81.3 Å². The van der Waals surface area contributed by atoms with Crippen molar-refractivity contribution >= 4 is 22.5 Å². The molecule has 1 aromatic rings. The minimum atomic E-state index is 0.846. The van der Waals surface area contributed by atoms with Gasteiger partial charge in [-0.2, -0.15) is 0 Å². The van der Waals surface area contributed by atoms with Gasteiger partial charge in [-0.15, -0.1) is 11.7 Å². The van der Waals surface area contributed by atoms with E-state index in [1.807, 2.05) is 6.07 Å². The Kier molecular flexibility index (Phi) is 2.51. The Morgan fingerprint density at radius 1 is 1.42 bits per heavy atom. The van der Waals surface area contributed by atoms with Crippen LogP contribution in [0.25, 0.3) is 0 Å². The van der Waals surface area contributed by atoms with Crippen LogP contribution >= 0.6 is 22.5 Å². The number of hydrogen-bond donors (Lipinski definition) is 1. The predicted octanol–water partition coefficient (Wildman–Crippen LogP) is 2.95. The van der Waals surface area contributed by atoms with Crippen LogP contribution < -0.4 is 4.74 Å². The summed E-state index contributed by atoms with van der Waals surface area (Å²) in [5.41, 5.74) is 1.32. The highest BCUT2D eigenvalue weighted by Gasteiger charge is 2.13. The summed E-state index contributed by atoms with van der Waals surface area (Å²) in [7, 11) is 1.45. The van der Waals surface area contributed by atoms with Gasteiger partial charge in [0.1, 0.15) is 5.75 Å². The zero-order valence-electron chi connectivity index (χ0n) is 6.62. The number of para-hydroxylation sites is 1. The summed E-state index contributed by atoms with van der Waals surface area (Å²) in [6, 6.07) is 6.23. The molecule has 2 rings (SSSR count). The van der Waals surface area contributed by atoms with Gasteiger partial charge in [-0.25, -0.2) is 0 Å². The van der Waals surface area contributed by atoms with E-state index >= 15 is 0 Å². The lowest BCUT2D eigenvalue weighted by molar-refractivity contribution is 0.281. The lowest BCUT2D eigenvalue weighted by Gasteiger charge is -2.18. The van der Waals surface area contributed by atoms with Gasteiger partial charge < -0.3 is 4.74 Å². The van der Waals surface area contributed by atoms with Crippen molar-refractivity contribution < 1.29 is 4.74 Å². The Morgan fingerprint density at radius 2 is 2.33 bits per heavy atom. The van der Waals surface area contributed by atoms with Crippen molar-refractivity contribution in [3.63, 3.8) is 0 Å². The standard InChI is InChI=1S/C9H10OS2/c11-12-8-5-1-3-7-4-2-6-10-9(7)8/h1,3,5,11H,2,4,6H2. The van der Waals surface area contributed by atoms with Crippen molar-refractivity contribution in [1.82, 2.24) is 0 Å². The molecule has 1 aromatic carbocycles. The molecule has 0 saturated heterocycles. The van der Waals surface area contributed by atoms with E-state index in [2.05, 4.69) is 23.8 Å². The van der Waals surface area contributed by atoms with Crippen LogP contribution in [0.15, 0.2) is 23.1 Å². The van der Waals surface area contributed by atoms with E-state index < -0.39 is 0 Å². The molecule has 0 bridgehead atoms. The maximum absolute atomic E-state index is 5.58. The third kappa shape index (κ3) is 1.43. The molecule has 0 spiro atoms. The molecule has 1 aliphatic rings. The summed E-state index contributed by atoms with van der Waals surface area (Å²) in [5, 5.41) is 0. The van der Waals surface area contributed by atoms with Gasteiger partial charge in [-0.3, -0.25) is 0 Å². The van der Waals surface area contributed by atoms with E-state index in [1.165, 1.54) is 16.4 Å². The second kappa shape index (κ2) is 3.62. The molecule has 3 heteroatoms. The fourth-order valence-corrected chi connectivity index (χ4v) is 2.27. The third-order valence-corrected chi connectivity index (χ3v) is 3.10. The highest BCUT2D eigenvalue weighted by Crippen LogP contribution is 2.36. The summed E-state index contributed by atoms with van der Waals surface area (Å²) < 4.78 is 5.58. The van der Waals surface area contributed by atoms with Crippen LogP contribution in [0, 0.1) is 0 Å². The molecule has 1 aliphatic heterocycles. The third-order valence-electron chi connectivity index (χ3n) is 2.00. The van der Waals surface area contributed by atoms with Crippen molar-refractivity contribution in [1.29, 1.82) is 0 Å². The smallest absolute Gasteiger partial charge is 0.136 e. The molecule has 0 atom stereocenters. The molecule has 12 heavy (non-hydrogen) atoms. The maximum atomic E-state index is 5.58. The molecule has 0 amide bonds. The second-order valence-electron chi connectivity index (χ2n) is 2.79. The second-order valence-corrected chi connectivity index (χ2v) is 3.96. The average molecular weight is 198 g/mol. The number of ether oxygens (including phenoxy) is 1. The number of aryl methyl sites for hydroxylation is 1. The van der Waals surface area contributed by atoms with Gasteiger partial charge in [-0.05, 0) is 24.5 Å². The van der Waals surface area contributed by atoms with E-state index in [0.29, 0.717) is 0 Å². The SMILES string of the molecule is SSc1cccc2c1OCCC2. The minimum absolute atomic E-state index is 0.846. The molecule has 0 unspecified atom stereocenters. The molecular formula is C9H10OS2. The average Bonchev–Trinajstić information content (AvgIpc) is 2.17. The molecule has 64 valence electrons. The van der Waals surface area contributed by atoms with E-state index in [-0.39, 0.29) is 0 Å². The van der Waals surface area contributed by atoms with Crippen LogP contribution in [0.3, 0.4) is 0 Å². The molecule has 0 fully saturated rings.